The molecule has 0 spiro atoms. The summed E-state index contributed by atoms with van der Waals surface area (Å²) in [5.74, 6) is -0.326. The van der Waals surface area contributed by atoms with Gasteiger partial charge in [0, 0.05) is 11.6 Å². The lowest BCUT2D eigenvalue weighted by molar-refractivity contribution is -0.122. The summed E-state index contributed by atoms with van der Waals surface area (Å²) in [4.78, 5) is 12.9. The molecule has 0 radical (unpaired) electrons. The van der Waals surface area contributed by atoms with Gasteiger partial charge in [-0.25, -0.2) is 8.42 Å². The average molecular weight is 447 g/mol. The van der Waals surface area contributed by atoms with E-state index in [-0.39, 0.29) is 17.2 Å². The van der Waals surface area contributed by atoms with Crippen molar-refractivity contribution in [2.45, 2.75) is 49.5 Å². The van der Waals surface area contributed by atoms with Crippen LogP contribution in [-0.4, -0.2) is 26.9 Å². The molecule has 1 aliphatic carbocycles. The number of sulfonamides is 1. The number of amides is 1. The van der Waals surface area contributed by atoms with E-state index in [2.05, 4.69) is 16.1 Å². The van der Waals surface area contributed by atoms with Gasteiger partial charge < -0.3 is 5.32 Å². The summed E-state index contributed by atoms with van der Waals surface area (Å²) in [6, 6.07) is 14.4. The van der Waals surface area contributed by atoms with E-state index in [1.54, 1.807) is 0 Å². The number of hydrogen-bond acceptors (Lipinski definition) is 3. The normalized spacial score (nSPS) is 15.3. The molecular formula is C23H27ClN2O3S. The average Bonchev–Trinajstić information content (AvgIpc) is 2.75. The van der Waals surface area contributed by atoms with E-state index in [0.29, 0.717) is 11.6 Å². The lowest BCUT2D eigenvalue weighted by atomic mass is 9.97. The highest BCUT2D eigenvalue weighted by atomic mass is 35.5. The van der Waals surface area contributed by atoms with Crippen LogP contribution < -0.4 is 10.0 Å². The second-order valence-electron chi connectivity index (χ2n) is 7.47. The van der Waals surface area contributed by atoms with E-state index < -0.39 is 16.1 Å². The van der Waals surface area contributed by atoms with Crippen LogP contribution >= 0.6 is 11.6 Å². The second kappa shape index (κ2) is 10.8. The van der Waals surface area contributed by atoms with Crippen LogP contribution in [0.5, 0.6) is 0 Å². The van der Waals surface area contributed by atoms with E-state index >= 15 is 0 Å². The third-order valence-electron chi connectivity index (χ3n) is 5.15. The van der Waals surface area contributed by atoms with Crippen LogP contribution in [-0.2, 0) is 21.2 Å². The van der Waals surface area contributed by atoms with Crippen molar-refractivity contribution < 1.29 is 13.2 Å². The van der Waals surface area contributed by atoms with Gasteiger partial charge in [-0.2, -0.15) is 4.72 Å². The Morgan fingerprint density at radius 2 is 1.77 bits per heavy atom. The highest BCUT2D eigenvalue weighted by molar-refractivity contribution is 7.89. The number of benzene rings is 2. The molecule has 0 saturated heterocycles. The number of rotatable bonds is 9. The maximum Gasteiger partial charge on any atom is 0.241 e. The number of nitrogens with one attached hydrogen (secondary N) is 2. The third-order valence-corrected chi connectivity index (χ3v) is 6.89. The summed E-state index contributed by atoms with van der Waals surface area (Å²) in [6.07, 6.45) is 7.91. The Morgan fingerprint density at radius 3 is 2.43 bits per heavy atom. The largest absolute Gasteiger partial charge is 0.354 e. The SMILES string of the molecule is O=C(NCCC1=CCCCC1)[C@H](Cc1ccccc1)NS(=O)(=O)c1ccc(Cl)cc1. The molecule has 0 heterocycles. The zero-order valence-corrected chi connectivity index (χ0v) is 18.4. The molecule has 1 atom stereocenters. The van der Waals surface area contributed by atoms with Crippen molar-refractivity contribution in [3.63, 3.8) is 0 Å². The van der Waals surface area contributed by atoms with Crippen LogP contribution in [0, 0.1) is 0 Å². The minimum absolute atomic E-state index is 0.0742. The Labute approximate surface area is 183 Å². The first-order chi connectivity index (χ1) is 14.4. The minimum atomic E-state index is -3.87. The maximum atomic E-state index is 12.9. The van der Waals surface area contributed by atoms with Gasteiger partial charge in [0.15, 0.2) is 0 Å². The molecule has 0 bridgehead atoms. The van der Waals surface area contributed by atoms with Gasteiger partial charge in [-0.1, -0.05) is 53.6 Å². The molecule has 7 heteroatoms. The first-order valence-electron chi connectivity index (χ1n) is 10.2. The van der Waals surface area contributed by atoms with E-state index in [1.807, 2.05) is 30.3 Å². The molecule has 2 aromatic carbocycles. The molecule has 2 N–H and O–H groups in total. The number of halogens is 1. The Morgan fingerprint density at radius 1 is 1.03 bits per heavy atom. The second-order valence-corrected chi connectivity index (χ2v) is 9.62. The predicted molar refractivity (Wildman–Crippen MR) is 120 cm³/mol. The molecule has 0 fully saturated rings. The molecule has 0 unspecified atom stereocenters. The maximum absolute atomic E-state index is 12.9. The molecule has 160 valence electrons. The van der Waals surface area contributed by atoms with Crippen LogP contribution in [0.3, 0.4) is 0 Å². The van der Waals surface area contributed by atoms with Gasteiger partial charge in [0.25, 0.3) is 0 Å². The zero-order chi connectivity index (χ0) is 21.4. The van der Waals surface area contributed by atoms with Crippen LogP contribution in [0.25, 0.3) is 0 Å². The lowest BCUT2D eigenvalue weighted by Crippen LogP contribution is -2.48. The Bertz CT molecular complexity index is 973. The number of allylic oxidation sites excluding steroid dienone is 1. The Balaban J connectivity index is 1.69. The molecule has 0 aliphatic heterocycles. The van der Waals surface area contributed by atoms with Gasteiger partial charge in [-0.05, 0) is 68.4 Å². The van der Waals surface area contributed by atoms with Crippen LogP contribution in [0.1, 0.15) is 37.7 Å². The van der Waals surface area contributed by atoms with Crippen LogP contribution in [0.4, 0.5) is 0 Å². The zero-order valence-electron chi connectivity index (χ0n) is 16.8. The monoisotopic (exact) mass is 446 g/mol. The molecule has 3 rings (SSSR count). The van der Waals surface area contributed by atoms with Crippen LogP contribution in [0.2, 0.25) is 5.02 Å². The number of carbonyl (C=O) groups excluding carboxylic acids is 1. The third kappa shape index (κ3) is 6.69. The van der Waals surface area contributed by atoms with E-state index in [4.69, 9.17) is 11.6 Å². The topological polar surface area (TPSA) is 75.3 Å². The molecule has 0 aromatic heterocycles. The van der Waals surface area contributed by atoms with Gasteiger partial charge in [-0.15, -0.1) is 0 Å². The van der Waals surface area contributed by atoms with Gasteiger partial charge in [0.2, 0.25) is 15.9 Å². The first kappa shape index (κ1) is 22.5. The smallest absolute Gasteiger partial charge is 0.241 e. The predicted octanol–water partition coefficient (Wildman–Crippen LogP) is 4.24. The highest BCUT2D eigenvalue weighted by Crippen LogP contribution is 2.19. The summed E-state index contributed by atoms with van der Waals surface area (Å²) in [5.41, 5.74) is 2.24. The Kier molecular flexibility index (Phi) is 8.08. The lowest BCUT2D eigenvalue weighted by Gasteiger charge is -2.19. The van der Waals surface area contributed by atoms with E-state index in [1.165, 1.54) is 42.7 Å². The van der Waals surface area contributed by atoms with Crippen molar-refractivity contribution in [1.82, 2.24) is 10.0 Å². The summed E-state index contributed by atoms with van der Waals surface area (Å²) in [5, 5.41) is 3.35. The molecular weight excluding hydrogens is 420 g/mol. The van der Waals surface area contributed by atoms with Crippen molar-refractivity contribution in [3.05, 3.63) is 76.8 Å². The van der Waals surface area contributed by atoms with Crippen molar-refractivity contribution in [3.8, 4) is 0 Å². The van der Waals surface area contributed by atoms with Crippen molar-refractivity contribution in [2.24, 2.45) is 0 Å². The summed E-state index contributed by atoms with van der Waals surface area (Å²) in [7, 11) is -3.87. The van der Waals surface area contributed by atoms with Crippen molar-refractivity contribution in [1.29, 1.82) is 0 Å². The van der Waals surface area contributed by atoms with Gasteiger partial charge in [-0.3, -0.25) is 4.79 Å². The molecule has 1 amide bonds. The molecule has 1 aliphatic rings. The van der Waals surface area contributed by atoms with Crippen LogP contribution in [0.15, 0.2) is 71.1 Å². The fourth-order valence-corrected chi connectivity index (χ4v) is 4.83. The van der Waals surface area contributed by atoms with Gasteiger partial charge in [0.1, 0.15) is 6.04 Å². The van der Waals surface area contributed by atoms with Gasteiger partial charge in [0.05, 0.1) is 4.90 Å². The molecule has 2 aromatic rings. The highest BCUT2D eigenvalue weighted by Gasteiger charge is 2.26. The first-order valence-corrected chi connectivity index (χ1v) is 12.1. The molecule has 5 nitrogen and oxygen atoms in total. The summed E-state index contributed by atoms with van der Waals surface area (Å²) < 4.78 is 28.2. The summed E-state index contributed by atoms with van der Waals surface area (Å²) >= 11 is 5.86. The standard InChI is InChI=1S/C23H27ClN2O3S/c24-20-11-13-21(14-12-20)30(28,29)26-22(17-19-9-5-2-6-10-19)23(27)25-16-15-18-7-3-1-4-8-18/h2,5-7,9-14,22,26H,1,3-4,8,15-17H2,(H,25,27)/t22-/m0/s1. The molecule has 0 saturated carbocycles. The minimum Gasteiger partial charge on any atom is -0.354 e. The summed E-state index contributed by atoms with van der Waals surface area (Å²) in [6.45, 7) is 0.499. The fourth-order valence-electron chi connectivity index (χ4n) is 3.51. The van der Waals surface area contributed by atoms with E-state index in [9.17, 15) is 13.2 Å². The van der Waals surface area contributed by atoms with Gasteiger partial charge >= 0.3 is 0 Å². The molecule has 30 heavy (non-hydrogen) atoms. The number of hydrogen-bond donors (Lipinski definition) is 2. The van der Waals surface area contributed by atoms with E-state index in [0.717, 1.165) is 24.8 Å². The quantitative estimate of drug-likeness (QED) is 0.566. The number of carbonyl (C=O) groups is 1. The Hall–Kier alpha value is -2.15. The van der Waals surface area contributed by atoms with Crippen molar-refractivity contribution in [2.75, 3.05) is 6.54 Å². The fraction of sp³-hybridized carbons (Fsp3) is 0.348. The van der Waals surface area contributed by atoms with Crippen molar-refractivity contribution >= 4 is 27.5 Å².